The van der Waals surface area contributed by atoms with E-state index in [4.69, 9.17) is 22.1 Å². The number of carbonyl (C=O) groups excluding carboxylic acids is 1. The quantitative estimate of drug-likeness (QED) is 0.810. The Morgan fingerprint density at radius 2 is 2.10 bits per heavy atom. The van der Waals surface area contributed by atoms with Crippen molar-refractivity contribution >= 4 is 23.2 Å². The molecule has 0 aliphatic rings. The first-order valence-electron chi connectivity index (χ1n) is 6.84. The zero-order valence-corrected chi connectivity index (χ0v) is 13.0. The molecular formula is C15H23ClN2O2. The molecule has 0 heterocycles. The second-order valence-corrected chi connectivity index (χ2v) is 5.56. The van der Waals surface area contributed by atoms with Crippen LogP contribution in [0.25, 0.3) is 0 Å². The van der Waals surface area contributed by atoms with Crippen LogP contribution in [0.15, 0.2) is 18.2 Å². The number of benzene rings is 1. The van der Waals surface area contributed by atoms with Crippen LogP contribution in [0, 0.1) is 5.92 Å². The summed E-state index contributed by atoms with van der Waals surface area (Å²) in [6, 6.07) is 5.38. The van der Waals surface area contributed by atoms with Gasteiger partial charge in [0.2, 0.25) is 5.91 Å². The lowest BCUT2D eigenvalue weighted by molar-refractivity contribution is -0.119. The Kier molecular flexibility index (Phi) is 6.82. The van der Waals surface area contributed by atoms with E-state index in [0.717, 1.165) is 19.3 Å². The number of nitrogens with two attached hydrogens (primary N) is 1. The molecule has 0 radical (unpaired) electrons. The lowest BCUT2D eigenvalue weighted by atomic mass is 10.0. The smallest absolute Gasteiger partial charge is 0.227 e. The van der Waals surface area contributed by atoms with E-state index in [1.165, 1.54) is 0 Å². The highest BCUT2D eigenvalue weighted by Crippen LogP contribution is 2.27. The van der Waals surface area contributed by atoms with Gasteiger partial charge in [-0.25, -0.2) is 0 Å². The number of halogens is 1. The molecule has 4 nitrogen and oxygen atoms in total. The summed E-state index contributed by atoms with van der Waals surface area (Å²) in [5.74, 6) is 0.542. The molecule has 112 valence electrons. The summed E-state index contributed by atoms with van der Waals surface area (Å²) in [4.78, 5) is 12.0. The van der Waals surface area contributed by atoms with Gasteiger partial charge in [0, 0.05) is 17.6 Å². The highest BCUT2D eigenvalue weighted by Gasteiger charge is 2.13. The number of rotatable bonds is 7. The Bertz CT molecular complexity index is 449. The minimum atomic E-state index is -0.0466. The van der Waals surface area contributed by atoms with E-state index >= 15 is 0 Å². The summed E-state index contributed by atoms with van der Waals surface area (Å²) < 4.78 is 5.07. The number of ether oxygens (including phenoxy) is 1. The maximum Gasteiger partial charge on any atom is 0.227 e. The third kappa shape index (κ3) is 5.39. The first kappa shape index (κ1) is 16.8. The molecule has 0 bridgehead atoms. The lowest BCUT2D eigenvalue weighted by Crippen LogP contribution is -2.21. The van der Waals surface area contributed by atoms with Crippen molar-refractivity contribution in [2.24, 2.45) is 11.7 Å². The highest BCUT2D eigenvalue weighted by molar-refractivity contribution is 6.32. The van der Waals surface area contributed by atoms with Crippen LogP contribution in [0.2, 0.25) is 5.02 Å². The molecule has 0 fully saturated rings. The number of hydrogen-bond acceptors (Lipinski definition) is 3. The van der Waals surface area contributed by atoms with Gasteiger partial charge in [-0.2, -0.15) is 0 Å². The SMILES string of the molecule is COc1ccc(NC(=O)C(C)CCCC(C)N)cc1Cl. The molecule has 5 heteroatoms. The van der Waals surface area contributed by atoms with E-state index in [1.807, 2.05) is 13.8 Å². The zero-order valence-electron chi connectivity index (χ0n) is 12.3. The second kappa shape index (κ2) is 8.12. The Balaban J connectivity index is 2.50. The topological polar surface area (TPSA) is 64.3 Å². The molecule has 1 rings (SSSR count). The Hall–Kier alpha value is -1.26. The van der Waals surface area contributed by atoms with Crippen molar-refractivity contribution in [1.29, 1.82) is 0 Å². The predicted octanol–water partition coefficient (Wildman–Crippen LogP) is 3.44. The van der Waals surface area contributed by atoms with Gasteiger partial charge in [-0.1, -0.05) is 24.9 Å². The molecule has 20 heavy (non-hydrogen) atoms. The molecule has 2 unspecified atom stereocenters. The van der Waals surface area contributed by atoms with Crippen LogP contribution < -0.4 is 15.8 Å². The van der Waals surface area contributed by atoms with E-state index in [9.17, 15) is 4.79 Å². The van der Waals surface area contributed by atoms with E-state index in [2.05, 4.69) is 5.32 Å². The van der Waals surface area contributed by atoms with Gasteiger partial charge in [0.1, 0.15) is 5.75 Å². The average molecular weight is 299 g/mol. The van der Waals surface area contributed by atoms with Crippen molar-refractivity contribution in [3.05, 3.63) is 23.2 Å². The largest absolute Gasteiger partial charge is 0.495 e. The number of nitrogens with one attached hydrogen (secondary N) is 1. The maximum absolute atomic E-state index is 12.0. The first-order valence-corrected chi connectivity index (χ1v) is 7.21. The number of amides is 1. The van der Waals surface area contributed by atoms with Crippen LogP contribution >= 0.6 is 11.6 Å². The Morgan fingerprint density at radius 3 is 2.65 bits per heavy atom. The molecule has 0 aliphatic carbocycles. The molecule has 1 aromatic carbocycles. The van der Waals surface area contributed by atoms with Crippen molar-refractivity contribution in [3.63, 3.8) is 0 Å². The minimum Gasteiger partial charge on any atom is -0.495 e. The molecular weight excluding hydrogens is 276 g/mol. The standard InChI is InChI=1S/C15H23ClN2O2/c1-10(5-4-6-11(2)17)15(19)18-12-7-8-14(20-3)13(16)9-12/h7-11H,4-6,17H2,1-3H3,(H,18,19). The summed E-state index contributed by atoms with van der Waals surface area (Å²) in [5, 5.41) is 3.34. The number of hydrogen-bond donors (Lipinski definition) is 2. The van der Waals surface area contributed by atoms with E-state index in [0.29, 0.717) is 16.5 Å². The van der Waals surface area contributed by atoms with Crippen molar-refractivity contribution in [2.75, 3.05) is 12.4 Å². The highest BCUT2D eigenvalue weighted by atomic mass is 35.5. The van der Waals surface area contributed by atoms with Gasteiger partial charge in [-0.15, -0.1) is 0 Å². The fourth-order valence-corrected chi connectivity index (χ4v) is 2.14. The molecule has 0 spiro atoms. The fraction of sp³-hybridized carbons (Fsp3) is 0.533. The molecule has 0 saturated heterocycles. The van der Waals surface area contributed by atoms with Gasteiger partial charge in [0.05, 0.1) is 12.1 Å². The summed E-state index contributed by atoms with van der Waals surface area (Å²) in [6.07, 6.45) is 2.72. The van der Waals surface area contributed by atoms with Gasteiger partial charge in [-0.3, -0.25) is 4.79 Å². The Labute approximate surface area is 125 Å². The zero-order chi connectivity index (χ0) is 15.1. The summed E-state index contributed by atoms with van der Waals surface area (Å²) in [6.45, 7) is 3.89. The molecule has 2 atom stereocenters. The van der Waals surface area contributed by atoms with Crippen LogP contribution in [0.3, 0.4) is 0 Å². The predicted molar refractivity (Wildman–Crippen MR) is 83.3 cm³/mol. The van der Waals surface area contributed by atoms with Crippen LogP contribution in [0.4, 0.5) is 5.69 Å². The average Bonchev–Trinajstić information content (AvgIpc) is 2.38. The van der Waals surface area contributed by atoms with Crippen LogP contribution in [-0.2, 0) is 4.79 Å². The van der Waals surface area contributed by atoms with Gasteiger partial charge in [0.25, 0.3) is 0 Å². The molecule has 0 aromatic heterocycles. The molecule has 3 N–H and O–H groups in total. The summed E-state index contributed by atoms with van der Waals surface area (Å²) in [7, 11) is 1.56. The number of carbonyl (C=O) groups is 1. The van der Waals surface area contributed by atoms with Crippen LogP contribution in [0.1, 0.15) is 33.1 Å². The van der Waals surface area contributed by atoms with Crippen molar-refractivity contribution in [2.45, 2.75) is 39.2 Å². The van der Waals surface area contributed by atoms with Crippen molar-refractivity contribution in [1.82, 2.24) is 0 Å². The van der Waals surface area contributed by atoms with Gasteiger partial charge in [-0.05, 0) is 38.0 Å². The van der Waals surface area contributed by atoms with E-state index in [1.54, 1.807) is 25.3 Å². The third-order valence-corrected chi connectivity index (χ3v) is 3.46. The fourth-order valence-electron chi connectivity index (χ4n) is 1.89. The monoisotopic (exact) mass is 298 g/mol. The number of anilines is 1. The molecule has 1 amide bonds. The molecule has 0 aliphatic heterocycles. The van der Waals surface area contributed by atoms with Crippen LogP contribution in [0.5, 0.6) is 5.75 Å². The first-order chi connectivity index (χ1) is 9.43. The Morgan fingerprint density at radius 1 is 1.40 bits per heavy atom. The second-order valence-electron chi connectivity index (χ2n) is 5.15. The lowest BCUT2D eigenvalue weighted by Gasteiger charge is -2.13. The normalized spacial score (nSPS) is 13.7. The van der Waals surface area contributed by atoms with Gasteiger partial charge < -0.3 is 15.8 Å². The van der Waals surface area contributed by atoms with E-state index in [-0.39, 0.29) is 17.9 Å². The van der Waals surface area contributed by atoms with E-state index < -0.39 is 0 Å². The third-order valence-electron chi connectivity index (χ3n) is 3.16. The van der Waals surface area contributed by atoms with Crippen LogP contribution in [-0.4, -0.2) is 19.1 Å². The maximum atomic E-state index is 12.0. The minimum absolute atomic E-state index is 0.00379. The summed E-state index contributed by atoms with van der Waals surface area (Å²) in [5.41, 5.74) is 6.38. The summed E-state index contributed by atoms with van der Waals surface area (Å²) >= 11 is 6.02. The van der Waals surface area contributed by atoms with Crippen molar-refractivity contribution in [3.8, 4) is 5.75 Å². The van der Waals surface area contributed by atoms with Gasteiger partial charge >= 0.3 is 0 Å². The number of methoxy groups -OCH3 is 1. The van der Waals surface area contributed by atoms with Crippen molar-refractivity contribution < 1.29 is 9.53 Å². The molecule has 1 aromatic rings. The van der Waals surface area contributed by atoms with Gasteiger partial charge in [0.15, 0.2) is 0 Å². The molecule has 0 saturated carbocycles.